The van der Waals surface area contributed by atoms with Crippen molar-refractivity contribution in [2.75, 3.05) is 42.1 Å². The van der Waals surface area contributed by atoms with E-state index >= 15 is 0 Å². The van der Waals surface area contributed by atoms with Gasteiger partial charge in [0, 0.05) is 43.1 Å². The summed E-state index contributed by atoms with van der Waals surface area (Å²) in [6.07, 6.45) is -3.36. The highest BCUT2D eigenvalue weighted by molar-refractivity contribution is 7.92. The van der Waals surface area contributed by atoms with Crippen molar-refractivity contribution in [2.45, 2.75) is 6.18 Å². The number of sulfonamides is 1. The Morgan fingerprint density at radius 3 is 2.17 bits per heavy atom. The number of hydrogen-bond donors (Lipinski definition) is 1. The number of hydrogen-bond acceptors (Lipinski definition) is 4. The van der Waals surface area contributed by atoms with Gasteiger partial charge in [-0.3, -0.25) is 9.52 Å². The molecule has 10 heteroatoms. The third kappa shape index (κ3) is 5.41. The first-order chi connectivity index (χ1) is 13.5. The highest BCUT2D eigenvalue weighted by Gasteiger charge is 2.31. The summed E-state index contributed by atoms with van der Waals surface area (Å²) >= 11 is 0. The van der Waals surface area contributed by atoms with E-state index in [2.05, 4.69) is 4.72 Å². The number of nitrogens with one attached hydrogen (secondary N) is 1. The molecule has 1 N–H and O–H groups in total. The highest BCUT2D eigenvalue weighted by Crippen LogP contribution is 2.32. The minimum absolute atomic E-state index is 0.209. The molecule has 0 aromatic heterocycles. The smallest absolute Gasteiger partial charge is 0.368 e. The van der Waals surface area contributed by atoms with Crippen LogP contribution >= 0.6 is 0 Å². The van der Waals surface area contributed by atoms with Gasteiger partial charge >= 0.3 is 6.18 Å². The average molecular weight is 427 g/mol. The molecule has 2 aromatic rings. The molecule has 0 saturated carbocycles. The predicted molar refractivity (Wildman–Crippen MR) is 104 cm³/mol. The van der Waals surface area contributed by atoms with Crippen molar-refractivity contribution in [1.29, 1.82) is 0 Å². The summed E-state index contributed by atoms with van der Waals surface area (Å²) < 4.78 is 63.5. The van der Waals surface area contributed by atoms with Crippen LogP contribution in [0.25, 0.3) is 0 Å². The zero-order valence-electron chi connectivity index (χ0n) is 15.6. The summed E-state index contributed by atoms with van der Waals surface area (Å²) in [4.78, 5) is 16.1. The SMILES string of the molecule is CS(=O)(=O)Nc1ccc(C(=O)N2CCN(c3cccc(C(F)(F)F)c3)CC2)cc1. The van der Waals surface area contributed by atoms with Gasteiger partial charge in [0.2, 0.25) is 10.0 Å². The molecule has 3 rings (SSSR count). The predicted octanol–water partition coefficient (Wildman–Crippen LogP) is 3.04. The summed E-state index contributed by atoms with van der Waals surface area (Å²) in [6, 6.07) is 11.2. The topological polar surface area (TPSA) is 69.7 Å². The normalized spacial score (nSPS) is 15.3. The van der Waals surface area contributed by atoms with Gasteiger partial charge in [-0.2, -0.15) is 13.2 Å². The average Bonchev–Trinajstić information content (AvgIpc) is 2.66. The van der Waals surface area contributed by atoms with Gasteiger partial charge in [0.05, 0.1) is 11.8 Å². The van der Waals surface area contributed by atoms with Gasteiger partial charge < -0.3 is 9.80 Å². The Morgan fingerprint density at radius 2 is 1.62 bits per heavy atom. The lowest BCUT2D eigenvalue weighted by molar-refractivity contribution is -0.137. The zero-order chi connectivity index (χ0) is 21.2. The standard InChI is InChI=1S/C19H20F3N3O3S/c1-29(27,28)23-16-7-5-14(6-8-16)18(26)25-11-9-24(10-12-25)17-4-2-3-15(13-17)19(20,21)22/h2-8,13,23H,9-12H2,1H3. The number of benzene rings is 2. The quantitative estimate of drug-likeness (QED) is 0.815. The number of anilines is 2. The van der Waals surface area contributed by atoms with Gasteiger partial charge in [0.15, 0.2) is 0 Å². The molecule has 156 valence electrons. The maximum atomic E-state index is 12.9. The van der Waals surface area contributed by atoms with E-state index in [-0.39, 0.29) is 5.91 Å². The molecule has 2 aromatic carbocycles. The number of carbonyl (C=O) groups is 1. The first-order valence-corrected chi connectivity index (χ1v) is 10.7. The van der Waals surface area contributed by atoms with E-state index in [0.29, 0.717) is 43.1 Å². The van der Waals surface area contributed by atoms with E-state index in [1.54, 1.807) is 11.0 Å². The van der Waals surface area contributed by atoms with Crippen molar-refractivity contribution in [3.63, 3.8) is 0 Å². The Morgan fingerprint density at radius 1 is 1.00 bits per heavy atom. The van der Waals surface area contributed by atoms with Crippen molar-refractivity contribution in [3.8, 4) is 0 Å². The molecular weight excluding hydrogens is 407 g/mol. The Balaban J connectivity index is 1.63. The van der Waals surface area contributed by atoms with Crippen LogP contribution in [0.1, 0.15) is 15.9 Å². The molecule has 1 aliphatic rings. The van der Waals surface area contributed by atoms with Crippen LogP contribution in [0.3, 0.4) is 0 Å². The van der Waals surface area contributed by atoms with Gasteiger partial charge in [-0.15, -0.1) is 0 Å². The van der Waals surface area contributed by atoms with Crippen molar-refractivity contribution < 1.29 is 26.4 Å². The summed E-state index contributed by atoms with van der Waals surface area (Å²) in [5.41, 5.74) is 0.550. The lowest BCUT2D eigenvalue weighted by Gasteiger charge is -2.36. The van der Waals surface area contributed by atoms with Crippen LogP contribution in [0, 0.1) is 0 Å². The van der Waals surface area contributed by atoms with Crippen molar-refractivity contribution in [1.82, 2.24) is 4.90 Å². The highest BCUT2D eigenvalue weighted by atomic mass is 32.2. The second-order valence-electron chi connectivity index (χ2n) is 6.78. The fourth-order valence-corrected chi connectivity index (χ4v) is 3.69. The molecule has 1 fully saturated rings. The molecule has 1 amide bonds. The second kappa shape index (κ2) is 7.94. The van der Waals surface area contributed by atoms with Gasteiger partial charge in [-0.25, -0.2) is 8.42 Å². The van der Waals surface area contributed by atoms with E-state index in [1.807, 2.05) is 4.90 Å². The molecule has 1 heterocycles. The lowest BCUT2D eigenvalue weighted by atomic mass is 10.1. The van der Waals surface area contributed by atoms with Crippen molar-refractivity contribution in [3.05, 3.63) is 59.7 Å². The molecule has 1 aliphatic heterocycles. The van der Waals surface area contributed by atoms with Gasteiger partial charge in [-0.1, -0.05) is 6.07 Å². The fraction of sp³-hybridized carbons (Fsp3) is 0.316. The van der Waals surface area contributed by atoms with Crippen LogP contribution in [-0.4, -0.2) is 51.7 Å². The van der Waals surface area contributed by atoms with Gasteiger partial charge in [0.25, 0.3) is 5.91 Å². The third-order valence-electron chi connectivity index (χ3n) is 4.54. The Bertz CT molecular complexity index is 984. The van der Waals surface area contributed by atoms with Crippen LogP contribution in [0.5, 0.6) is 0 Å². The molecule has 1 saturated heterocycles. The molecular formula is C19H20F3N3O3S. The maximum Gasteiger partial charge on any atom is 0.416 e. The Labute approximate surface area is 167 Å². The van der Waals surface area contributed by atoms with Crippen LogP contribution < -0.4 is 9.62 Å². The van der Waals surface area contributed by atoms with Gasteiger partial charge in [-0.05, 0) is 42.5 Å². The van der Waals surface area contributed by atoms with E-state index in [9.17, 15) is 26.4 Å². The number of amides is 1. The summed E-state index contributed by atoms with van der Waals surface area (Å²) in [5, 5.41) is 0. The summed E-state index contributed by atoms with van der Waals surface area (Å²) in [5.74, 6) is -0.209. The molecule has 0 radical (unpaired) electrons. The molecule has 29 heavy (non-hydrogen) atoms. The number of carbonyl (C=O) groups excluding carboxylic acids is 1. The van der Waals surface area contributed by atoms with E-state index in [1.165, 1.54) is 30.3 Å². The molecule has 0 unspecified atom stereocenters. The first kappa shape index (κ1) is 21.0. The molecule has 6 nitrogen and oxygen atoms in total. The fourth-order valence-electron chi connectivity index (χ4n) is 3.12. The number of piperazine rings is 1. The van der Waals surface area contributed by atoms with Crippen molar-refractivity contribution in [2.24, 2.45) is 0 Å². The van der Waals surface area contributed by atoms with Crippen LogP contribution in [0.2, 0.25) is 0 Å². The third-order valence-corrected chi connectivity index (χ3v) is 5.15. The largest absolute Gasteiger partial charge is 0.416 e. The number of halogens is 3. The first-order valence-electron chi connectivity index (χ1n) is 8.82. The molecule has 0 atom stereocenters. The van der Waals surface area contributed by atoms with E-state index < -0.39 is 21.8 Å². The minimum Gasteiger partial charge on any atom is -0.368 e. The number of alkyl halides is 3. The zero-order valence-corrected chi connectivity index (χ0v) is 16.4. The second-order valence-corrected chi connectivity index (χ2v) is 8.53. The minimum atomic E-state index is -4.40. The Hall–Kier alpha value is -2.75. The van der Waals surface area contributed by atoms with Gasteiger partial charge in [0.1, 0.15) is 0 Å². The Kier molecular flexibility index (Phi) is 5.74. The maximum absolute atomic E-state index is 12.9. The van der Waals surface area contributed by atoms with Crippen LogP contribution in [-0.2, 0) is 16.2 Å². The van der Waals surface area contributed by atoms with Crippen LogP contribution in [0.4, 0.5) is 24.5 Å². The monoisotopic (exact) mass is 427 g/mol. The molecule has 0 bridgehead atoms. The summed E-state index contributed by atoms with van der Waals surface area (Å²) in [7, 11) is -3.40. The lowest BCUT2D eigenvalue weighted by Crippen LogP contribution is -2.48. The van der Waals surface area contributed by atoms with Crippen LogP contribution in [0.15, 0.2) is 48.5 Å². The van der Waals surface area contributed by atoms with Crippen molar-refractivity contribution >= 4 is 27.3 Å². The summed E-state index contributed by atoms with van der Waals surface area (Å²) in [6.45, 7) is 1.58. The number of rotatable bonds is 4. The van der Waals surface area contributed by atoms with E-state index in [4.69, 9.17) is 0 Å². The number of nitrogens with zero attached hydrogens (tertiary/aromatic N) is 2. The molecule has 0 aliphatic carbocycles. The van der Waals surface area contributed by atoms with E-state index in [0.717, 1.165) is 18.4 Å². The molecule has 0 spiro atoms.